The van der Waals surface area contributed by atoms with E-state index in [0.717, 1.165) is 17.7 Å². The summed E-state index contributed by atoms with van der Waals surface area (Å²) >= 11 is 0. The number of halogens is 2. The number of fused-ring (bicyclic) bond motifs is 1. The molecule has 122 valence electrons. The maximum absolute atomic E-state index is 13.5. The van der Waals surface area contributed by atoms with Gasteiger partial charge in [-0.05, 0) is 30.7 Å². The van der Waals surface area contributed by atoms with Crippen LogP contribution in [0.3, 0.4) is 0 Å². The number of aromatic nitrogens is 1. The van der Waals surface area contributed by atoms with Crippen LogP contribution in [0.15, 0.2) is 47.4 Å². The Labute approximate surface area is 135 Å². The summed E-state index contributed by atoms with van der Waals surface area (Å²) in [6.07, 6.45) is 1.37. The van der Waals surface area contributed by atoms with Gasteiger partial charge in [0, 0.05) is 17.6 Å². The van der Waals surface area contributed by atoms with Crippen LogP contribution in [-0.4, -0.2) is 11.0 Å². The molecule has 0 aliphatic heterocycles. The van der Waals surface area contributed by atoms with Crippen LogP contribution >= 0.6 is 0 Å². The Kier molecular flexibility index (Phi) is 3.99. The van der Waals surface area contributed by atoms with Crippen molar-refractivity contribution in [3.63, 3.8) is 0 Å². The van der Waals surface area contributed by atoms with Crippen molar-refractivity contribution in [2.45, 2.75) is 6.92 Å². The minimum Gasteiger partial charge on any atom is -0.359 e. The fraction of sp³-hybridized carbons (Fsp3) is 0.0588. The Balaban J connectivity index is 1.86. The predicted molar refractivity (Wildman–Crippen MR) is 88.3 cm³/mol. The molecule has 0 saturated carbocycles. The third-order valence-corrected chi connectivity index (χ3v) is 3.55. The Morgan fingerprint density at radius 3 is 2.58 bits per heavy atom. The number of benzene rings is 2. The first-order valence-corrected chi connectivity index (χ1v) is 7.10. The molecule has 0 bridgehead atoms. The monoisotopic (exact) mass is 329 g/mol. The van der Waals surface area contributed by atoms with Crippen molar-refractivity contribution in [3.8, 4) is 0 Å². The average Bonchev–Trinajstić information content (AvgIpc) is 2.53. The van der Waals surface area contributed by atoms with Crippen molar-refractivity contribution in [2.24, 2.45) is 0 Å². The third-order valence-electron chi connectivity index (χ3n) is 3.55. The van der Waals surface area contributed by atoms with Crippen molar-refractivity contribution in [3.05, 3.63) is 70.0 Å². The van der Waals surface area contributed by atoms with Gasteiger partial charge in [-0.2, -0.15) is 0 Å². The van der Waals surface area contributed by atoms with Crippen LogP contribution in [0.5, 0.6) is 0 Å². The van der Waals surface area contributed by atoms with Gasteiger partial charge in [-0.3, -0.25) is 4.79 Å². The lowest BCUT2D eigenvalue weighted by atomic mass is 10.1. The number of rotatable bonds is 2. The molecule has 3 aromatic rings. The molecule has 0 saturated heterocycles. The minimum absolute atomic E-state index is 0.0214. The maximum atomic E-state index is 13.5. The second-order valence-electron chi connectivity index (χ2n) is 5.23. The minimum atomic E-state index is -0.909. The second-order valence-corrected chi connectivity index (χ2v) is 5.23. The highest BCUT2D eigenvalue weighted by atomic mass is 19.1. The summed E-state index contributed by atoms with van der Waals surface area (Å²) in [5.41, 5.74) is 1.05. The SMILES string of the molecule is Cc1cccc2c(=O)c(NC(=O)Nc3ccc(F)cc3F)c[nH]c12. The number of amides is 2. The molecule has 0 aliphatic rings. The van der Waals surface area contributed by atoms with Crippen LogP contribution in [0.4, 0.5) is 25.0 Å². The summed E-state index contributed by atoms with van der Waals surface area (Å²) in [5, 5.41) is 5.02. The number of aryl methyl sites for hydroxylation is 1. The van der Waals surface area contributed by atoms with E-state index in [1.165, 1.54) is 6.20 Å². The molecule has 0 unspecified atom stereocenters. The Morgan fingerprint density at radius 2 is 1.83 bits per heavy atom. The number of para-hydroxylation sites is 1. The number of hydrogen-bond donors (Lipinski definition) is 3. The molecule has 0 atom stereocenters. The number of H-pyrrole nitrogens is 1. The number of pyridine rings is 1. The van der Waals surface area contributed by atoms with Gasteiger partial charge >= 0.3 is 6.03 Å². The van der Waals surface area contributed by atoms with E-state index in [1.807, 2.05) is 13.0 Å². The van der Waals surface area contributed by atoms with Gasteiger partial charge in [0.25, 0.3) is 0 Å². The number of carbonyl (C=O) groups excluding carboxylic acids is 1. The zero-order valence-corrected chi connectivity index (χ0v) is 12.6. The van der Waals surface area contributed by atoms with Crippen molar-refractivity contribution in [1.29, 1.82) is 0 Å². The third kappa shape index (κ3) is 2.96. The number of hydrogen-bond acceptors (Lipinski definition) is 2. The molecule has 2 aromatic carbocycles. The van der Waals surface area contributed by atoms with Crippen LogP contribution in [-0.2, 0) is 0 Å². The van der Waals surface area contributed by atoms with Crippen molar-refractivity contribution in [2.75, 3.05) is 10.6 Å². The first-order valence-electron chi connectivity index (χ1n) is 7.10. The quantitative estimate of drug-likeness (QED) is 0.670. The molecule has 5 nitrogen and oxygen atoms in total. The number of anilines is 2. The van der Waals surface area contributed by atoms with Gasteiger partial charge in [0.1, 0.15) is 17.3 Å². The van der Waals surface area contributed by atoms with Crippen LogP contribution in [0.1, 0.15) is 5.56 Å². The van der Waals surface area contributed by atoms with E-state index in [2.05, 4.69) is 15.6 Å². The van der Waals surface area contributed by atoms with Gasteiger partial charge in [0.05, 0.1) is 11.2 Å². The number of nitrogens with one attached hydrogen (secondary N) is 3. The Bertz CT molecular complexity index is 999. The van der Waals surface area contributed by atoms with Gasteiger partial charge < -0.3 is 15.6 Å². The largest absolute Gasteiger partial charge is 0.359 e. The molecule has 3 N–H and O–H groups in total. The molecule has 24 heavy (non-hydrogen) atoms. The highest BCUT2D eigenvalue weighted by Crippen LogP contribution is 2.16. The highest BCUT2D eigenvalue weighted by Gasteiger charge is 2.11. The van der Waals surface area contributed by atoms with Gasteiger partial charge in [0.15, 0.2) is 0 Å². The van der Waals surface area contributed by atoms with E-state index in [9.17, 15) is 18.4 Å². The lowest BCUT2D eigenvalue weighted by molar-refractivity contribution is 0.262. The van der Waals surface area contributed by atoms with Crippen LogP contribution in [0.2, 0.25) is 0 Å². The van der Waals surface area contributed by atoms with E-state index < -0.39 is 17.7 Å². The van der Waals surface area contributed by atoms with Crippen LogP contribution in [0.25, 0.3) is 10.9 Å². The summed E-state index contributed by atoms with van der Waals surface area (Å²) in [5.74, 6) is -1.66. The molecule has 0 fully saturated rings. The van der Waals surface area contributed by atoms with Crippen molar-refractivity contribution in [1.82, 2.24) is 4.98 Å². The summed E-state index contributed by atoms with van der Waals surface area (Å²) in [4.78, 5) is 27.3. The standard InChI is InChI=1S/C17H13F2N3O2/c1-9-3-2-4-11-15(9)20-8-14(16(11)23)22-17(24)21-13-6-5-10(18)7-12(13)19/h2-8H,1H3,(H,20,23)(H2,21,22,24). The highest BCUT2D eigenvalue weighted by molar-refractivity contribution is 6.00. The summed E-state index contributed by atoms with van der Waals surface area (Å²) in [6.45, 7) is 1.86. The number of carbonyl (C=O) groups is 1. The molecule has 7 heteroatoms. The van der Waals surface area contributed by atoms with E-state index >= 15 is 0 Å². The fourth-order valence-corrected chi connectivity index (χ4v) is 2.36. The molecule has 0 aliphatic carbocycles. The Morgan fingerprint density at radius 1 is 1.08 bits per heavy atom. The normalized spacial score (nSPS) is 10.6. The second kappa shape index (κ2) is 6.11. The summed E-state index contributed by atoms with van der Waals surface area (Å²) in [6, 6.07) is 7.20. The zero-order chi connectivity index (χ0) is 17.3. The molecule has 2 amide bonds. The lowest BCUT2D eigenvalue weighted by Gasteiger charge is -2.09. The average molecular weight is 329 g/mol. The van der Waals surface area contributed by atoms with E-state index in [-0.39, 0.29) is 16.8 Å². The molecular weight excluding hydrogens is 316 g/mol. The van der Waals surface area contributed by atoms with Crippen molar-refractivity contribution >= 4 is 28.3 Å². The summed E-state index contributed by atoms with van der Waals surface area (Å²) in [7, 11) is 0. The Hall–Kier alpha value is -3.22. The molecule has 1 aromatic heterocycles. The number of urea groups is 1. The van der Waals surface area contributed by atoms with Crippen LogP contribution < -0.4 is 16.1 Å². The maximum Gasteiger partial charge on any atom is 0.323 e. The van der Waals surface area contributed by atoms with Crippen molar-refractivity contribution < 1.29 is 13.6 Å². The molecular formula is C17H13F2N3O2. The lowest BCUT2D eigenvalue weighted by Crippen LogP contribution is -2.24. The van der Waals surface area contributed by atoms with Crippen LogP contribution in [0, 0.1) is 18.6 Å². The molecule has 3 rings (SSSR count). The van der Waals surface area contributed by atoms with E-state index in [4.69, 9.17) is 0 Å². The number of aromatic amines is 1. The topological polar surface area (TPSA) is 74.0 Å². The van der Waals surface area contributed by atoms with Gasteiger partial charge in [0.2, 0.25) is 5.43 Å². The van der Waals surface area contributed by atoms with Gasteiger partial charge in [-0.15, -0.1) is 0 Å². The molecule has 0 spiro atoms. The fourth-order valence-electron chi connectivity index (χ4n) is 2.36. The van der Waals surface area contributed by atoms with E-state index in [0.29, 0.717) is 17.0 Å². The van der Waals surface area contributed by atoms with Gasteiger partial charge in [-0.1, -0.05) is 12.1 Å². The van der Waals surface area contributed by atoms with Gasteiger partial charge in [-0.25, -0.2) is 13.6 Å². The smallest absolute Gasteiger partial charge is 0.323 e. The first-order chi connectivity index (χ1) is 11.5. The predicted octanol–water partition coefficient (Wildman–Crippen LogP) is 3.76. The van der Waals surface area contributed by atoms with E-state index in [1.54, 1.807) is 12.1 Å². The molecule has 1 heterocycles. The summed E-state index contributed by atoms with van der Waals surface area (Å²) < 4.78 is 26.4. The zero-order valence-electron chi connectivity index (χ0n) is 12.6. The molecule has 0 radical (unpaired) electrons. The first kappa shape index (κ1) is 15.7.